The Morgan fingerprint density at radius 3 is 2.60 bits per heavy atom. The van der Waals surface area contributed by atoms with E-state index in [-0.39, 0.29) is 11.9 Å². The fourth-order valence-electron chi connectivity index (χ4n) is 2.92. The molecule has 1 aliphatic rings. The maximum atomic E-state index is 12.9. The van der Waals surface area contributed by atoms with Gasteiger partial charge in [0, 0.05) is 23.6 Å². The van der Waals surface area contributed by atoms with Crippen LogP contribution in [0.5, 0.6) is 5.75 Å². The molecule has 1 fully saturated rings. The quantitative estimate of drug-likeness (QED) is 0.709. The van der Waals surface area contributed by atoms with Gasteiger partial charge in [-0.3, -0.25) is 4.79 Å². The van der Waals surface area contributed by atoms with Crippen molar-refractivity contribution in [1.29, 1.82) is 0 Å². The van der Waals surface area contributed by atoms with Crippen molar-refractivity contribution in [3.63, 3.8) is 0 Å². The zero-order valence-corrected chi connectivity index (χ0v) is 15.2. The first-order chi connectivity index (χ1) is 12.3. The third-order valence-electron chi connectivity index (χ3n) is 4.15. The van der Waals surface area contributed by atoms with Gasteiger partial charge in [-0.1, -0.05) is 30.3 Å². The number of benzene rings is 2. The molecule has 3 nitrogen and oxygen atoms in total. The van der Waals surface area contributed by atoms with E-state index in [4.69, 9.17) is 4.74 Å². The molecule has 0 radical (unpaired) electrons. The van der Waals surface area contributed by atoms with E-state index in [0.29, 0.717) is 6.61 Å². The van der Waals surface area contributed by atoms with Crippen LogP contribution >= 0.6 is 11.8 Å². The Kier molecular flexibility index (Phi) is 6.18. The molecule has 2 aromatic rings. The Morgan fingerprint density at radius 2 is 1.96 bits per heavy atom. The number of rotatable bonds is 6. The lowest BCUT2D eigenvalue weighted by Crippen LogP contribution is -2.39. The molecule has 1 aliphatic heterocycles. The third-order valence-corrected chi connectivity index (χ3v) is 5.30. The van der Waals surface area contributed by atoms with Crippen LogP contribution in [0.15, 0.2) is 60.7 Å². The minimum absolute atomic E-state index is 0.0348. The van der Waals surface area contributed by atoms with E-state index < -0.39 is 0 Å². The molecule has 25 heavy (non-hydrogen) atoms. The molecule has 0 spiro atoms. The zero-order valence-electron chi connectivity index (χ0n) is 14.4. The fourth-order valence-corrected chi connectivity index (χ4v) is 4.12. The number of thioether (sulfide) groups is 1. The van der Waals surface area contributed by atoms with Gasteiger partial charge in [-0.15, -0.1) is 0 Å². The Hall–Kier alpha value is -2.20. The molecular formula is C21H23NO2S. The summed E-state index contributed by atoms with van der Waals surface area (Å²) >= 11 is 1.91. The van der Waals surface area contributed by atoms with Gasteiger partial charge in [0.2, 0.25) is 0 Å². The van der Waals surface area contributed by atoms with Gasteiger partial charge in [-0.25, -0.2) is 0 Å². The van der Waals surface area contributed by atoms with Crippen LogP contribution in [0.4, 0.5) is 5.69 Å². The lowest BCUT2D eigenvalue weighted by atomic mass is 10.1. The topological polar surface area (TPSA) is 29.5 Å². The summed E-state index contributed by atoms with van der Waals surface area (Å²) in [6.45, 7) is 2.62. The number of anilines is 1. The molecule has 4 heteroatoms. The summed E-state index contributed by atoms with van der Waals surface area (Å²) in [6, 6.07) is 18.0. The Labute approximate surface area is 153 Å². The summed E-state index contributed by atoms with van der Waals surface area (Å²) < 4.78 is 5.45. The molecule has 0 saturated carbocycles. The number of carbonyl (C=O) groups excluding carboxylic acids is 1. The van der Waals surface area contributed by atoms with E-state index in [9.17, 15) is 4.79 Å². The number of para-hydroxylation sites is 1. The fraction of sp³-hybridized carbons (Fsp3) is 0.286. The number of amides is 1. The molecule has 1 saturated heterocycles. The number of hydrogen-bond donors (Lipinski definition) is 0. The van der Waals surface area contributed by atoms with Crippen LogP contribution in [0.2, 0.25) is 0 Å². The molecular weight excluding hydrogens is 330 g/mol. The van der Waals surface area contributed by atoms with Crippen molar-refractivity contribution >= 4 is 29.4 Å². The predicted octanol–water partition coefficient (Wildman–Crippen LogP) is 4.64. The van der Waals surface area contributed by atoms with Crippen molar-refractivity contribution < 1.29 is 9.53 Å². The Bertz CT molecular complexity index is 706. The second-order valence-electron chi connectivity index (χ2n) is 5.90. The highest BCUT2D eigenvalue weighted by atomic mass is 32.2. The second-order valence-corrected chi connectivity index (χ2v) is 7.05. The largest absolute Gasteiger partial charge is 0.494 e. The number of carbonyl (C=O) groups is 1. The monoisotopic (exact) mass is 353 g/mol. The predicted molar refractivity (Wildman–Crippen MR) is 106 cm³/mol. The number of nitrogens with zero attached hydrogens (tertiary/aromatic N) is 1. The molecule has 0 aliphatic carbocycles. The van der Waals surface area contributed by atoms with Gasteiger partial charge in [0.15, 0.2) is 0 Å². The Balaban J connectivity index is 1.75. The van der Waals surface area contributed by atoms with Crippen molar-refractivity contribution in [2.45, 2.75) is 19.4 Å². The minimum atomic E-state index is 0.0348. The summed E-state index contributed by atoms with van der Waals surface area (Å²) in [5, 5.41) is 0. The van der Waals surface area contributed by atoms with E-state index in [1.54, 1.807) is 6.08 Å². The van der Waals surface area contributed by atoms with Gasteiger partial charge in [-0.2, -0.15) is 11.8 Å². The first-order valence-electron chi connectivity index (χ1n) is 8.65. The molecule has 0 N–H and O–H groups in total. The van der Waals surface area contributed by atoms with Crippen LogP contribution < -0.4 is 9.64 Å². The zero-order chi connectivity index (χ0) is 17.5. The first kappa shape index (κ1) is 17.6. The first-order valence-corrected chi connectivity index (χ1v) is 9.80. The van der Waals surface area contributed by atoms with Crippen molar-refractivity contribution in [2.75, 3.05) is 23.0 Å². The average Bonchev–Trinajstić information content (AvgIpc) is 3.17. The van der Waals surface area contributed by atoms with Crippen LogP contribution in [-0.4, -0.2) is 30.1 Å². The maximum absolute atomic E-state index is 12.9. The van der Waals surface area contributed by atoms with Crippen molar-refractivity contribution in [2.24, 2.45) is 0 Å². The summed E-state index contributed by atoms with van der Waals surface area (Å²) in [5.41, 5.74) is 1.96. The highest BCUT2D eigenvalue weighted by Crippen LogP contribution is 2.27. The summed E-state index contributed by atoms with van der Waals surface area (Å²) in [7, 11) is 0. The SMILES string of the molecule is CCOc1ccc(/C=C/C(=O)N(c2ccccc2)C2CCSC2)cc1. The highest BCUT2D eigenvalue weighted by molar-refractivity contribution is 7.99. The molecule has 1 amide bonds. The van der Waals surface area contributed by atoms with Crippen LogP contribution in [0, 0.1) is 0 Å². The Morgan fingerprint density at radius 1 is 1.20 bits per heavy atom. The van der Waals surface area contributed by atoms with Crippen molar-refractivity contribution in [3.05, 3.63) is 66.2 Å². The number of hydrogen-bond acceptors (Lipinski definition) is 3. The molecule has 1 heterocycles. The standard InChI is InChI=1S/C21H23NO2S/c1-2-24-20-11-8-17(9-12-20)10-13-21(23)22(19-14-15-25-16-19)18-6-4-3-5-7-18/h3-13,19H,2,14-16H2,1H3/b13-10+. The summed E-state index contributed by atoms with van der Waals surface area (Å²) in [6.07, 6.45) is 4.59. The van der Waals surface area contributed by atoms with E-state index >= 15 is 0 Å². The van der Waals surface area contributed by atoms with Crippen LogP contribution in [-0.2, 0) is 4.79 Å². The van der Waals surface area contributed by atoms with E-state index in [1.807, 2.05) is 84.3 Å². The van der Waals surface area contributed by atoms with E-state index in [1.165, 1.54) is 0 Å². The highest BCUT2D eigenvalue weighted by Gasteiger charge is 2.27. The average molecular weight is 353 g/mol. The maximum Gasteiger partial charge on any atom is 0.251 e. The van der Waals surface area contributed by atoms with Crippen molar-refractivity contribution in [3.8, 4) is 5.75 Å². The summed E-state index contributed by atoms with van der Waals surface area (Å²) in [4.78, 5) is 14.8. The molecule has 130 valence electrons. The number of ether oxygens (including phenoxy) is 1. The van der Waals surface area contributed by atoms with Crippen LogP contribution in [0.3, 0.4) is 0 Å². The van der Waals surface area contributed by atoms with Crippen LogP contribution in [0.1, 0.15) is 18.9 Å². The molecule has 0 bridgehead atoms. The lowest BCUT2D eigenvalue weighted by molar-refractivity contribution is -0.114. The molecule has 0 aromatic heterocycles. The normalized spacial score (nSPS) is 16.9. The van der Waals surface area contributed by atoms with Gasteiger partial charge < -0.3 is 9.64 Å². The summed E-state index contributed by atoms with van der Waals surface area (Å²) in [5.74, 6) is 2.99. The minimum Gasteiger partial charge on any atom is -0.494 e. The van der Waals surface area contributed by atoms with Gasteiger partial charge in [0.05, 0.1) is 6.61 Å². The lowest BCUT2D eigenvalue weighted by Gasteiger charge is -2.27. The van der Waals surface area contributed by atoms with Gasteiger partial charge in [-0.05, 0) is 55.0 Å². The molecule has 2 aromatic carbocycles. The molecule has 1 atom stereocenters. The second kappa shape index (κ2) is 8.77. The van der Waals surface area contributed by atoms with Gasteiger partial charge >= 0.3 is 0 Å². The van der Waals surface area contributed by atoms with Crippen molar-refractivity contribution in [1.82, 2.24) is 0 Å². The smallest absolute Gasteiger partial charge is 0.251 e. The molecule has 1 unspecified atom stereocenters. The third kappa shape index (κ3) is 4.67. The van der Waals surface area contributed by atoms with Gasteiger partial charge in [0.1, 0.15) is 5.75 Å². The molecule has 3 rings (SSSR count). The van der Waals surface area contributed by atoms with E-state index in [0.717, 1.165) is 34.9 Å². The van der Waals surface area contributed by atoms with E-state index in [2.05, 4.69) is 0 Å². The van der Waals surface area contributed by atoms with Crippen LogP contribution in [0.25, 0.3) is 6.08 Å². The van der Waals surface area contributed by atoms with Gasteiger partial charge in [0.25, 0.3) is 5.91 Å².